The Balaban J connectivity index is 1.27. The number of likely N-dealkylation sites (tertiary alicyclic amines) is 1. The van der Waals surface area contributed by atoms with Gasteiger partial charge in [-0.25, -0.2) is 9.97 Å². The second-order valence-corrected chi connectivity index (χ2v) is 11.6. The number of anilines is 1. The standard InChI is InChI=1S/C25H28N8O2S3/c1-17-27-24(38-31-17)29-23(34)22-20(10-11-21(28-22)37-25-30-26-16-32(25)2)36-19-8-6-18(7-9-19)35-15-5-14-33-12-3-4-13-33/h6-11,16H,3-5,12-15H2,1-2H3,(H,27,29,31,34). The Kier molecular flexibility index (Phi) is 8.89. The number of benzene rings is 1. The maximum atomic E-state index is 13.2. The molecule has 0 radical (unpaired) electrons. The highest BCUT2D eigenvalue weighted by Crippen LogP contribution is 2.34. The van der Waals surface area contributed by atoms with Crippen molar-refractivity contribution in [3.8, 4) is 5.75 Å². The van der Waals surface area contributed by atoms with Crippen LogP contribution in [0.25, 0.3) is 0 Å². The van der Waals surface area contributed by atoms with Crippen LogP contribution in [-0.4, -0.2) is 66.2 Å². The summed E-state index contributed by atoms with van der Waals surface area (Å²) in [6.07, 6.45) is 5.26. The number of rotatable bonds is 11. The van der Waals surface area contributed by atoms with Gasteiger partial charge in [0.1, 0.15) is 28.6 Å². The van der Waals surface area contributed by atoms with Crippen LogP contribution in [0.3, 0.4) is 0 Å². The van der Waals surface area contributed by atoms with Crippen molar-refractivity contribution >= 4 is 46.1 Å². The van der Waals surface area contributed by atoms with Crippen molar-refractivity contribution in [1.29, 1.82) is 0 Å². The topological polar surface area (TPSA) is 111 Å². The van der Waals surface area contributed by atoms with E-state index in [1.54, 1.807) is 17.8 Å². The predicted octanol–water partition coefficient (Wildman–Crippen LogP) is 4.79. The van der Waals surface area contributed by atoms with E-state index < -0.39 is 0 Å². The number of ether oxygens (including phenoxy) is 1. The fraction of sp³-hybridized carbons (Fsp3) is 0.360. The number of amides is 1. The van der Waals surface area contributed by atoms with E-state index in [1.165, 1.54) is 49.5 Å². The van der Waals surface area contributed by atoms with Gasteiger partial charge in [-0.3, -0.25) is 10.1 Å². The van der Waals surface area contributed by atoms with E-state index in [1.807, 2.05) is 43.4 Å². The second kappa shape index (κ2) is 12.7. The summed E-state index contributed by atoms with van der Waals surface area (Å²) in [5, 5.41) is 12.6. The van der Waals surface area contributed by atoms with Gasteiger partial charge in [-0.05, 0) is 87.4 Å². The first-order valence-electron chi connectivity index (χ1n) is 12.3. The number of nitrogens with one attached hydrogen (secondary N) is 1. The molecule has 1 amide bonds. The van der Waals surface area contributed by atoms with Crippen molar-refractivity contribution in [2.24, 2.45) is 7.05 Å². The highest BCUT2D eigenvalue weighted by atomic mass is 32.2. The minimum absolute atomic E-state index is 0.303. The van der Waals surface area contributed by atoms with Gasteiger partial charge in [0.15, 0.2) is 5.16 Å². The molecule has 1 aliphatic rings. The lowest BCUT2D eigenvalue weighted by molar-refractivity contribution is 0.101. The first-order valence-corrected chi connectivity index (χ1v) is 14.7. The highest BCUT2D eigenvalue weighted by molar-refractivity contribution is 7.99. The van der Waals surface area contributed by atoms with Gasteiger partial charge >= 0.3 is 0 Å². The Bertz CT molecular complexity index is 1370. The molecule has 1 aromatic carbocycles. The van der Waals surface area contributed by atoms with E-state index in [4.69, 9.17) is 4.74 Å². The number of aryl methyl sites for hydroxylation is 2. The molecule has 0 saturated carbocycles. The van der Waals surface area contributed by atoms with Gasteiger partial charge in [0.25, 0.3) is 5.91 Å². The van der Waals surface area contributed by atoms with E-state index in [2.05, 4.69) is 34.8 Å². The number of hydrogen-bond donors (Lipinski definition) is 1. The molecule has 0 bridgehead atoms. The van der Waals surface area contributed by atoms with E-state index in [9.17, 15) is 4.79 Å². The van der Waals surface area contributed by atoms with Gasteiger partial charge in [-0.15, -0.1) is 10.2 Å². The Morgan fingerprint density at radius 1 is 1.11 bits per heavy atom. The third-order valence-corrected chi connectivity index (χ3v) is 8.57. The SMILES string of the molecule is Cc1nsc(NC(=O)c2nc(Sc3nncn3C)ccc2Sc2ccc(OCCCN3CCCC3)cc2)n1. The molecule has 0 unspecified atom stereocenters. The van der Waals surface area contributed by atoms with Crippen molar-refractivity contribution in [3.05, 3.63) is 54.2 Å². The first-order chi connectivity index (χ1) is 18.5. The van der Waals surface area contributed by atoms with Crippen LogP contribution in [-0.2, 0) is 7.05 Å². The van der Waals surface area contributed by atoms with Crippen LogP contribution >= 0.6 is 35.1 Å². The average Bonchev–Trinajstić information content (AvgIpc) is 3.67. The molecular weight excluding hydrogens is 541 g/mol. The van der Waals surface area contributed by atoms with E-state index in [0.717, 1.165) is 40.0 Å². The molecule has 1 fully saturated rings. The summed E-state index contributed by atoms with van der Waals surface area (Å²) < 4.78 is 11.9. The summed E-state index contributed by atoms with van der Waals surface area (Å²) in [5.41, 5.74) is 0.303. The van der Waals surface area contributed by atoms with Crippen molar-refractivity contribution in [1.82, 2.24) is 34.0 Å². The van der Waals surface area contributed by atoms with Gasteiger partial charge in [0.05, 0.1) is 6.61 Å². The number of nitrogens with zero attached hydrogens (tertiary/aromatic N) is 7. The molecule has 1 saturated heterocycles. The molecule has 3 aromatic heterocycles. The van der Waals surface area contributed by atoms with E-state index in [0.29, 0.717) is 33.4 Å². The molecule has 1 aliphatic heterocycles. The van der Waals surface area contributed by atoms with E-state index in [-0.39, 0.29) is 5.91 Å². The minimum atomic E-state index is -0.345. The summed E-state index contributed by atoms with van der Waals surface area (Å²) in [6, 6.07) is 11.7. The fourth-order valence-electron chi connectivity index (χ4n) is 3.91. The molecule has 5 rings (SSSR count). The lowest BCUT2D eigenvalue weighted by Gasteiger charge is -2.14. The monoisotopic (exact) mass is 568 g/mol. The van der Waals surface area contributed by atoms with Gasteiger partial charge < -0.3 is 14.2 Å². The van der Waals surface area contributed by atoms with Crippen molar-refractivity contribution in [2.75, 3.05) is 31.6 Å². The van der Waals surface area contributed by atoms with Crippen LogP contribution in [0, 0.1) is 6.92 Å². The van der Waals surface area contributed by atoms with Crippen LogP contribution in [0.4, 0.5) is 5.13 Å². The average molecular weight is 569 g/mol. The van der Waals surface area contributed by atoms with Gasteiger partial charge in [-0.2, -0.15) is 4.37 Å². The fourth-order valence-corrected chi connectivity index (χ4v) is 6.12. The highest BCUT2D eigenvalue weighted by Gasteiger charge is 2.19. The van der Waals surface area contributed by atoms with Crippen LogP contribution in [0.15, 0.2) is 62.7 Å². The largest absolute Gasteiger partial charge is 0.494 e. The minimum Gasteiger partial charge on any atom is -0.494 e. The second-order valence-electron chi connectivity index (χ2n) is 8.75. The normalized spacial score (nSPS) is 13.6. The number of pyridine rings is 1. The summed E-state index contributed by atoms with van der Waals surface area (Å²) >= 11 is 3.95. The molecule has 4 aromatic rings. The van der Waals surface area contributed by atoms with Crippen LogP contribution < -0.4 is 10.1 Å². The molecule has 4 heterocycles. The van der Waals surface area contributed by atoms with Crippen molar-refractivity contribution < 1.29 is 9.53 Å². The van der Waals surface area contributed by atoms with Crippen molar-refractivity contribution in [3.63, 3.8) is 0 Å². The third-order valence-electron chi connectivity index (χ3n) is 5.80. The molecule has 38 heavy (non-hydrogen) atoms. The molecular formula is C25H28N8O2S3. The lowest BCUT2D eigenvalue weighted by Crippen LogP contribution is -2.21. The van der Waals surface area contributed by atoms with Crippen LogP contribution in [0.2, 0.25) is 0 Å². The molecule has 13 heteroatoms. The maximum absolute atomic E-state index is 13.2. The van der Waals surface area contributed by atoms with Gasteiger partial charge in [0, 0.05) is 34.9 Å². The van der Waals surface area contributed by atoms with Crippen LogP contribution in [0.1, 0.15) is 35.6 Å². The zero-order valence-electron chi connectivity index (χ0n) is 21.2. The zero-order chi connectivity index (χ0) is 26.3. The third kappa shape index (κ3) is 7.10. The molecule has 0 aliphatic carbocycles. The van der Waals surface area contributed by atoms with Gasteiger partial charge in [0.2, 0.25) is 5.13 Å². The first kappa shape index (κ1) is 26.6. The predicted molar refractivity (Wildman–Crippen MR) is 148 cm³/mol. The Hall–Kier alpha value is -3.00. The number of carbonyl (C=O) groups is 1. The lowest BCUT2D eigenvalue weighted by atomic mass is 10.3. The smallest absolute Gasteiger partial charge is 0.277 e. The quantitative estimate of drug-likeness (QED) is 0.254. The van der Waals surface area contributed by atoms with Crippen LogP contribution in [0.5, 0.6) is 5.75 Å². The van der Waals surface area contributed by atoms with Crippen molar-refractivity contribution in [2.45, 2.75) is 46.2 Å². The molecule has 1 N–H and O–H groups in total. The molecule has 0 spiro atoms. The maximum Gasteiger partial charge on any atom is 0.277 e. The molecule has 10 nitrogen and oxygen atoms in total. The Morgan fingerprint density at radius 2 is 1.92 bits per heavy atom. The number of aromatic nitrogens is 6. The number of hydrogen-bond acceptors (Lipinski definition) is 11. The summed E-state index contributed by atoms with van der Waals surface area (Å²) in [5.74, 6) is 1.11. The Morgan fingerprint density at radius 3 is 2.63 bits per heavy atom. The number of carbonyl (C=O) groups excluding carboxylic acids is 1. The summed E-state index contributed by atoms with van der Waals surface area (Å²) in [4.78, 5) is 26.3. The Labute approximate surface area is 233 Å². The summed E-state index contributed by atoms with van der Waals surface area (Å²) in [7, 11) is 1.86. The zero-order valence-corrected chi connectivity index (χ0v) is 23.6. The van der Waals surface area contributed by atoms with Gasteiger partial charge in [-0.1, -0.05) is 11.8 Å². The molecule has 198 valence electrons. The summed E-state index contributed by atoms with van der Waals surface area (Å²) in [6.45, 7) is 5.99. The molecule has 0 atom stereocenters. The van der Waals surface area contributed by atoms with E-state index >= 15 is 0 Å².